The molecule has 3 nitrogen and oxygen atoms in total. The topological polar surface area (TPSA) is 43.4 Å². The number of ether oxygens (including phenoxy) is 1. The molecule has 0 saturated heterocycles. The third-order valence-electron chi connectivity index (χ3n) is 2.27. The predicted octanol–water partition coefficient (Wildman–Crippen LogP) is -5.25. The summed E-state index contributed by atoms with van der Waals surface area (Å²) in [5.41, 5.74) is 0. The summed E-state index contributed by atoms with van der Waals surface area (Å²) < 4.78 is 4.58. The Hall–Kier alpha value is 2.80. The van der Waals surface area contributed by atoms with Crippen molar-refractivity contribution in [1.29, 1.82) is 0 Å². The molecule has 0 fully saturated rings. The molecule has 1 atom stereocenters. The van der Waals surface area contributed by atoms with Crippen LogP contribution in [-0.4, -0.2) is 15.9 Å². The molecule has 0 bridgehead atoms. The van der Waals surface area contributed by atoms with Crippen molar-refractivity contribution >= 4 is 34.5 Å². The number of alkyl halides is 1. The van der Waals surface area contributed by atoms with E-state index in [1.54, 1.807) is 0 Å². The molecule has 0 aromatic carbocycles. The maximum absolute atomic E-state index is 11.4. The zero-order chi connectivity index (χ0) is 12.4. The molecule has 0 rings (SSSR count). The molecule has 0 aliphatic rings. The van der Waals surface area contributed by atoms with Crippen LogP contribution in [0.25, 0.3) is 0 Å². The number of carbonyl (C=O) groups is 2. The molecule has 0 heterocycles. The zero-order valence-corrected chi connectivity index (χ0v) is 20.5. The summed E-state index contributed by atoms with van der Waals surface area (Å²) in [4.78, 5) is 22.7. The minimum atomic E-state index is -0.379. The minimum Gasteiger partial charge on any atom is -1.00 e. The molecule has 0 aromatic rings. The van der Waals surface area contributed by atoms with Crippen LogP contribution < -0.4 is 93.3 Å². The SMILES string of the molecule is CCCCCC(=O)OC(=O)C(I)CCCC.[Cl-].[H-].[K+].[Na+]. The van der Waals surface area contributed by atoms with Crippen LogP contribution in [0.3, 0.4) is 0 Å². The summed E-state index contributed by atoms with van der Waals surface area (Å²) in [5.74, 6) is -0.757. The van der Waals surface area contributed by atoms with Gasteiger partial charge in [0.15, 0.2) is 0 Å². The van der Waals surface area contributed by atoms with Gasteiger partial charge in [0.2, 0.25) is 0 Å². The molecule has 19 heavy (non-hydrogen) atoms. The summed E-state index contributed by atoms with van der Waals surface area (Å²) in [6.07, 6.45) is 6.07. The van der Waals surface area contributed by atoms with E-state index in [0.717, 1.165) is 38.5 Å². The van der Waals surface area contributed by atoms with Gasteiger partial charge in [-0.25, -0.2) is 0 Å². The fourth-order valence-electron chi connectivity index (χ4n) is 1.25. The van der Waals surface area contributed by atoms with Crippen LogP contribution in [0.1, 0.15) is 60.2 Å². The first-order chi connectivity index (χ1) is 7.61. The Morgan fingerprint density at radius 1 is 1.16 bits per heavy atom. The molecule has 0 aliphatic heterocycles. The predicted molar refractivity (Wildman–Crippen MR) is 73.7 cm³/mol. The van der Waals surface area contributed by atoms with Gasteiger partial charge in [0.1, 0.15) is 3.92 Å². The van der Waals surface area contributed by atoms with Crippen LogP contribution in [0.2, 0.25) is 0 Å². The van der Waals surface area contributed by atoms with Crippen molar-refractivity contribution < 1.29 is 109 Å². The van der Waals surface area contributed by atoms with Crippen molar-refractivity contribution in [2.24, 2.45) is 0 Å². The Bertz CT molecular complexity index is 239. The van der Waals surface area contributed by atoms with Crippen LogP contribution in [0.15, 0.2) is 0 Å². The summed E-state index contributed by atoms with van der Waals surface area (Å²) in [6.45, 7) is 4.15. The van der Waals surface area contributed by atoms with Crippen molar-refractivity contribution in [3.63, 3.8) is 0 Å². The Labute approximate surface area is 202 Å². The Kier molecular flexibility index (Phi) is 32.6. The van der Waals surface area contributed by atoms with Gasteiger partial charge < -0.3 is 18.6 Å². The average molecular weight is 439 g/mol. The van der Waals surface area contributed by atoms with Crippen molar-refractivity contribution in [3.8, 4) is 0 Å². The quantitative estimate of drug-likeness (QED) is 0.0950. The molecule has 0 spiro atoms. The van der Waals surface area contributed by atoms with Crippen LogP contribution >= 0.6 is 22.6 Å². The van der Waals surface area contributed by atoms with Gasteiger partial charge in [-0.3, -0.25) is 9.59 Å². The van der Waals surface area contributed by atoms with Gasteiger partial charge in [0.05, 0.1) is 0 Å². The van der Waals surface area contributed by atoms with Crippen molar-refractivity contribution in [2.75, 3.05) is 0 Å². The molecule has 0 aliphatic carbocycles. The molecule has 1 unspecified atom stereocenters. The van der Waals surface area contributed by atoms with E-state index in [4.69, 9.17) is 4.74 Å². The molecular formula is C12H22ClIKNaO3. The Balaban J connectivity index is -0.000000187. The van der Waals surface area contributed by atoms with Crippen molar-refractivity contribution in [1.82, 2.24) is 0 Å². The summed E-state index contributed by atoms with van der Waals surface area (Å²) >= 11 is 2.04. The molecule has 0 saturated carbocycles. The molecule has 104 valence electrons. The number of unbranched alkanes of at least 4 members (excludes halogenated alkanes) is 3. The maximum atomic E-state index is 11.4. The van der Waals surface area contributed by atoms with Gasteiger partial charge in [0, 0.05) is 6.42 Å². The van der Waals surface area contributed by atoms with Gasteiger partial charge in [-0.05, 0) is 12.8 Å². The monoisotopic (exact) mass is 438 g/mol. The fourth-order valence-corrected chi connectivity index (χ4v) is 1.82. The van der Waals surface area contributed by atoms with Crippen LogP contribution in [0.5, 0.6) is 0 Å². The molecular weight excluding hydrogens is 417 g/mol. The zero-order valence-electron chi connectivity index (χ0n) is 13.5. The van der Waals surface area contributed by atoms with Gasteiger partial charge in [-0.2, -0.15) is 0 Å². The number of esters is 2. The number of carbonyl (C=O) groups excluding carboxylic acids is 2. The molecule has 0 amide bonds. The smallest absolute Gasteiger partial charge is 1.00 e. The van der Waals surface area contributed by atoms with E-state index in [-0.39, 0.29) is 111 Å². The Morgan fingerprint density at radius 3 is 2.16 bits per heavy atom. The largest absolute Gasteiger partial charge is 1.00 e. The van der Waals surface area contributed by atoms with E-state index in [9.17, 15) is 9.59 Å². The third-order valence-corrected chi connectivity index (χ3v) is 3.40. The number of hydrogen-bond donors (Lipinski definition) is 0. The first-order valence-electron chi connectivity index (χ1n) is 6.00. The second kappa shape index (κ2) is 20.8. The molecule has 0 radical (unpaired) electrons. The molecule has 7 heteroatoms. The fraction of sp³-hybridized carbons (Fsp3) is 0.833. The first kappa shape index (κ1) is 29.8. The van der Waals surface area contributed by atoms with E-state index in [0.29, 0.717) is 6.42 Å². The minimum absolute atomic E-state index is 0. The third kappa shape index (κ3) is 18.7. The molecule has 0 aromatic heterocycles. The normalized spacial score (nSPS) is 10.3. The molecule has 0 N–H and O–H groups in total. The van der Waals surface area contributed by atoms with Crippen LogP contribution in [0.4, 0.5) is 0 Å². The summed E-state index contributed by atoms with van der Waals surface area (Å²) in [5, 5.41) is 0. The maximum Gasteiger partial charge on any atom is 1.00 e. The van der Waals surface area contributed by atoms with E-state index >= 15 is 0 Å². The van der Waals surface area contributed by atoms with E-state index < -0.39 is 0 Å². The van der Waals surface area contributed by atoms with Crippen molar-refractivity contribution in [3.05, 3.63) is 0 Å². The average Bonchev–Trinajstić information content (AvgIpc) is 2.26. The van der Waals surface area contributed by atoms with E-state index in [2.05, 4.69) is 13.8 Å². The summed E-state index contributed by atoms with van der Waals surface area (Å²) in [7, 11) is 0. The number of hydrogen-bond acceptors (Lipinski definition) is 3. The second-order valence-corrected chi connectivity index (χ2v) is 5.36. The Morgan fingerprint density at radius 2 is 1.68 bits per heavy atom. The van der Waals surface area contributed by atoms with Crippen LogP contribution in [-0.2, 0) is 14.3 Å². The van der Waals surface area contributed by atoms with Gasteiger partial charge >= 0.3 is 92.9 Å². The van der Waals surface area contributed by atoms with Crippen molar-refractivity contribution in [2.45, 2.75) is 62.7 Å². The van der Waals surface area contributed by atoms with E-state index in [1.807, 2.05) is 22.6 Å². The van der Waals surface area contributed by atoms with Gasteiger partial charge in [0.25, 0.3) is 0 Å². The number of halogens is 2. The van der Waals surface area contributed by atoms with Gasteiger partial charge in [-0.15, -0.1) is 0 Å². The first-order valence-corrected chi connectivity index (χ1v) is 7.25. The van der Waals surface area contributed by atoms with Crippen LogP contribution in [0, 0.1) is 0 Å². The second-order valence-electron chi connectivity index (χ2n) is 3.86. The standard InChI is InChI=1S/C12H21IO3.ClH.K.Na.H/c1-3-5-7-9-11(14)16-12(15)10(13)8-6-4-2;;;;/h10H,3-9H2,1-2H3;1H;;;/q;;2*+1;-1/p-1. The van der Waals surface area contributed by atoms with Gasteiger partial charge in [-0.1, -0.05) is 62.1 Å². The van der Waals surface area contributed by atoms with E-state index in [1.165, 1.54) is 0 Å². The number of rotatable bonds is 8. The summed E-state index contributed by atoms with van der Waals surface area (Å²) in [6, 6.07) is 0.